The second kappa shape index (κ2) is 27.8. The number of nitrogens with two attached hydrogens (primary N) is 1. The van der Waals surface area contributed by atoms with Gasteiger partial charge >= 0.3 is 11.9 Å². The van der Waals surface area contributed by atoms with Crippen LogP contribution in [0.1, 0.15) is 161 Å². The fourth-order valence-corrected chi connectivity index (χ4v) is 17.7. The average Bonchev–Trinajstić information content (AvgIpc) is 1.76. The van der Waals surface area contributed by atoms with Crippen molar-refractivity contribution in [2.45, 2.75) is 172 Å². The van der Waals surface area contributed by atoms with Crippen LogP contribution >= 0.6 is 15.9 Å². The lowest BCUT2D eigenvalue weighted by Gasteiger charge is -2.44. The minimum atomic E-state index is -3.26. The Labute approximate surface area is 555 Å². The highest BCUT2D eigenvalue weighted by Crippen LogP contribution is 2.57. The maximum absolute atomic E-state index is 12.8. The summed E-state index contributed by atoms with van der Waals surface area (Å²) in [6.45, 7) is 22.9. The Kier molecular flexibility index (Phi) is 21.1. The summed E-state index contributed by atoms with van der Waals surface area (Å²) < 4.78 is 60.7. The van der Waals surface area contributed by atoms with Gasteiger partial charge in [-0.15, -0.1) is 0 Å². The Morgan fingerprint density at radius 2 is 0.826 bits per heavy atom. The number of fused-ring (bicyclic) bond motifs is 3. The molecule has 6 aromatic rings. The molecule has 17 heteroatoms. The Morgan fingerprint density at radius 3 is 1.16 bits per heavy atom. The molecule has 0 aromatic heterocycles. The summed E-state index contributed by atoms with van der Waals surface area (Å²) >= 11 is 3.64. The summed E-state index contributed by atoms with van der Waals surface area (Å²) in [5.74, 6) is 0.181. The van der Waals surface area contributed by atoms with Crippen LogP contribution < -0.4 is 20.4 Å². The highest BCUT2D eigenvalue weighted by atomic mass is 79.9. The maximum atomic E-state index is 12.8. The smallest absolute Gasteiger partial charge is 0.306 e. The predicted octanol–water partition coefficient (Wildman–Crippen LogP) is 14.4. The summed E-state index contributed by atoms with van der Waals surface area (Å²) in [6, 6.07) is 43.7. The van der Waals surface area contributed by atoms with E-state index in [1.807, 2.05) is 61.5 Å². The van der Waals surface area contributed by atoms with Crippen molar-refractivity contribution in [1.29, 1.82) is 0 Å². The standard InChI is InChI=1S/C27H35NO4S.C26H32BrNO2.C21H26N2O2S.CH2O2/c1-19-14-21(16-22(15-19)33(5,30)31)28-12-10-27(11-13-28)18-20-8-6-7-9-23(20)24(27)17-25(29)32-26(2,3)4;1-18-13-20(27)15-21(14-18)28-11-9-26(10-12-28)17-19-7-5-6-8-22(19)23(26)16-24(29)30-25(2,3)4;1-15-11-17(13-18(12-15)26(2,24)25)23-9-7-21(8-10-23)14-16-5-3-4-6-19(16)20(21)22;2-1-3/h6-9,14-16,24H,10-13,17-18H2,1-5H3;5-8,13-15,23H,9-12,16-17H2,1-4H3;3-6,11-13,20H,7-10,14,22H2,1-2H3;1H,(H,2,3)/t24-;23-;20-;/m111./s1. The van der Waals surface area contributed by atoms with Crippen molar-refractivity contribution in [3.05, 3.63) is 182 Å². The number of carboxylic acid groups (broad SMARTS) is 1. The number of rotatable bonds is 9. The number of benzene rings is 6. The molecule has 0 amide bonds. The van der Waals surface area contributed by atoms with Crippen molar-refractivity contribution in [3.63, 3.8) is 0 Å². The average molecular weight is 1360 g/mol. The largest absolute Gasteiger partial charge is 0.483 e. The monoisotopic (exact) mass is 1350 g/mol. The van der Waals surface area contributed by atoms with Crippen LogP contribution in [0.25, 0.3) is 0 Å². The van der Waals surface area contributed by atoms with Gasteiger partial charge in [-0.3, -0.25) is 14.4 Å². The lowest BCUT2D eigenvalue weighted by Crippen LogP contribution is -2.44. The molecular weight excluding hydrogens is 1260 g/mol. The molecule has 6 aliphatic rings. The Bertz CT molecular complexity index is 3870. The topological polar surface area (TPSA) is 194 Å². The number of hydrogen-bond acceptors (Lipinski definition) is 13. The molecule has 14 nitrogen and oxygen atoms in total. The fourth-order valence-electron chi connectivity index (χ4n) is 15.6. The molecule has 0 unspecified atom stereocenters. The molecule has 3 saturated heterocycles. The molecule has 3 spiro atoms. The van der Waals surface area contributed by atoms with Crippen molar-refractivity contribution >= 4 is 71.1 Å². The first kappa shape index (κ1) is 69.8. The van der Waals surface area contributed by atoms with Gasteiger partial charge in [-0.2, -0.15) is 0 Å². The first-order valence-electron chi connectivity index (χ1n) is 32.4. The molecular formula is C75H95BrN4O10S2. The molecule has 3 atom stereocenters. The number of hydrogen-bond donors (Lipinski definition) is 2. The van der Waals surface area contributed by atoms with Gasteiger partial charge < -0.3 is 35.0 Å². The first-order valence-corrected chi connectivity index (χ1v) is 37.0. The van der Waals surface area contributed by atoms with E-state index in [1.165, 1.54) is 57.1 Å². The van der Waals surface area contributed by atoms with Crippen LogP contribution in [-0.4, -0.2) is 103 Å². The van der Waals surface area contributed by atoms with Gasteiger partial charge in [0.05, 0.1) is 22.6 Å². The molecule has 3 aliphatic carbocycles. The summed E-state index contributed by atoms with van der Waals surface area (Å²) in [5, 5.41) is 6.89. The fraction of sp³-hybridized carbons (Fsp3) is 0.480. The number of halogens is 1. The van der Waals surface area contributed by atoms with Crippen molar-refractivity contribution < 1.29 is 45.8 Å². The van der Waals surface area contributed by atoms with Crippen molar-refractivity contribution in [2.24, 2.45) is 22.0 Å². The second-order valence-corrected chi connectivity index (χ2v) is 33.9. The lowest BCUT2D eigenvalue weighted by molar-refractivity contribution is -0.157. The summed E-state index contributed by atoms with van der Waals surface area (Å²) in [4.78, 5) is 41.8. The van der Waals surface area contributed by atoms with Gasteiger partial charge in [0.15, 0.2) is 19.7 Å². The van der Waals surface area contributed by atoms with E-state index in [-0.39, 0.29) is 52.5 Å². The summed E-state index contributed by atoms with van der Waals surface area (Å²) in [7, 11) is -6.46. The molecule has 92 heavy (non-hydrogen) atoms. The Hall–Kier alpha value is -6.53. The highest BCUT2D eigenvalue weighted by molar-refractivity contribution is 9.10. The van der Waals surface area contributed by atoms with Gasteiger partial charge in [0.25, 0.3) is 6.47 Å². The zero-order valence-corrected chi connectivity index (χ0v) is 58.9. The predicted molar refractivity (Wildman–Crippen MR) is 372 cm³/mol. The number of sulfone groups is 2. The van der Waals surface area contributed by atoms with Crippen LogP contribution in [0.15, 0.2) is 142 Å². The van der Waals surface area contributed by atoms with Crippen molar-refractivity contribution in [2.75, 3.05) is 66.5 Å². The molecule has 3 N–H and O–H groups in total. The molecule has 12 rings (SSSR count). The molecule has 494 valence electrons. The number of carbonyl (C=O) groups is 3. The summed E-state index contributed by atoms with van der Waals surface area (Å²) in [6.07, 6.45) is 12.7. The third-order valence-corrected chi connectivity index (χ3v) is 22.6. The van der Waals surface area contributed by atoms with Crippen molar-refractivity contribution in [1.82, 2.24) is 0 Å². The van der Waals surface area contributed by atoms with E-state index in [4.69, 9.17) is 25.1 Å². The second-order valence-electron chi connectivity index (χ2n) is 29.0. The van der Waals surface area contributed by atoms with E-state index in [0.717, 1.165) is 124 Å². The third-order valence-electron chi connectivity index (χ3n) is 19.9. The van der Waals surface area contributed by atoms with Crippen LogP contribution in [0.5, 0.6) is 0 Å². The van der Waals surface area contributed by atoms with Gasteiger partial charge in [0.2, 0.25) is 0 Å². The lowest BCUT2D eigenvalue weighted by atomic mass is 9.68. The number of esters is 2. The number of nitrogens with zero attached hydrogens (tertiary/aromatic N) is 3. The number of carbonyl (C=O) groups excluding carboxylic acids is 2. The molecule has 6 aromatic carbocycles. The van der Waals surface area contributed by atoms with Gasteiger partial charge in [-0.05, 0) is 241 Å². The molecule has 0 saturated carbocycles. The zero-order valence-electron chi connectivity index (χ0n) is 55.7. The molecule has 3 aliphatic heterocycles. The number of anilines is 3. The minimum Gasteiger partial charge on any atom is -0.483 e. The minimum absolute atomic E-state index is 0.0284. The van der Waals surface area contributed by atoms with Crippen LogP contribution in [0.4, 0.5) is 17.1 Å². The van der Waals surface area contributed by atoms with Crippen LogP contribution in [0.2, 0.25) is 0 Å². The quantitative estimate of drug-likeness (QED) is 0.103. The first-order chi connectivity index (χ1) is 43.2. The van der Waals surface area contributed by atoms with E-state index in [2.05, 4.69) is 141 Å². The van der Waals surface area contributed by atoms with Crippen LogP contribution in [0, 0.1) is 37.0 Å². The van der Waals surface area contributed by atoms with E-state index >= 15 is 0 Å². The van der Waals surface area contributed by atoms with E-state index in [0.29, 0.717) is 22.6 Å². The van der Waals surface area contributed by atoms with Crippen LogP contribution in [-0.2, 0) is 62.8 Å². The zero-order chi connectivity index (χ0) is 66.8. The molecule has 0 bridgehead atoms. The third kappa shape index (κ3) is 16.5. The molecule has 3 fully saturated rings. The van der Waals surface area contributed by atoms with Gasteiger partial charge in [-0.25, -0.2) is 16.8 Å². The van der Waals surface area contributed by atoms with Gasteiger partial charge in [-0.1, -0.05) is 88.7 Å². The van der Waals surface area contributed by atoms with E-state index in [9.17, 15) is 26.4 Å². The SMILES string of the molecule is Cc1cc(Br)cc(N2CCC3(CC2)Cc2ccccc2[C@H]3CC(=O)OC(C)(C)C)c1.Cc1cc(N2CCC3(CC2)Cc2ccccc2[C@H]3CC(=O)OC(C)(C)C)cc(S(C)(=O)=O)c1.Cc1cc(N2CCC3(CC2)Cc2ccccc2[C@H]3N)cc(S(C)(=O)=O)c1.O=CO. The van der Waals surface area contributed by atoms with Crippen LogP contribution in [0.3, 0.4) is 0 Å². The Balaban J connectivity index is 0.000000160. The normalized spacial score (nSPS) is 20.1. The molecule has 3 heterocycles. The summed E-state index contributed by atoms with van der Waals surface area (Å²) in [5.41, 5.74) is 20.6. The number of piperidine rings is 3. The number of ether oxygens (including phenoxy) is 2. The maximum Gasteiger partial charge on any atom is 0.306 e. The van der Waals surface area contributed by atoms with E-state index in [1.54, 1.807) is 18.2 Å². The highest BCUT2D eigenvalue weighted by Gasteiger charge is 2.51. The van der Waals surface area contributed by atoms with Crippen molar-refractivity contribution in [3.8, 4) is 0 Å². The van der Waals surface area contributed by atoms with E-state index < -0.39 is 30.9 Å². The van der Waals surface area contributed by atoms with Gasteiger partial charge in [0, 0.05) is 91.2 Å². The Morgan fingerprint density at radius 1 is 0.522 bits per heavy atom. The number of aryl methyl sites for hydroxylation is 3. The van der Waals surface area contributed by atoms with Gasteiger partial charge in [0.1, 0.15) is 11.2 Å². The molecule has 0 radical (unpaired) electrons.